The zero-order valence-corrected chi connectivity index (χ0v) is 10.4. The van der Waals surface area contributed by atoms with Crippen LogP contribution in [0.5, 0.6) is 0 Å². The van der Waals surface area contributed by atoms with Crippen molar-refractivity contribution < 1.29 is 4.52 Å². The maximum atomic E-state index is 5.36. The molecular weight excluding hydrogens is 226 g/mol. The van der Waals surface area contributed by atoms with Crippen molar-refractivity contribution in [2.75, 3.05) is 37.6 Å². The fourth-order valence-electron chi connectivity index (χ4n) is 2.43. The Kier molecular flexibility index (Phi) is 3.02. The molecule has 1 saturated heterocycles. The van der Waals surface area contributed by atoms with Gasteiger partial charge in [0.25, 0.3) is 0 Å². The van der Waals surface area contributed by atoms with Gasteiger partial charge in [-0.05, 0) is 12.1 Å². The van der Waals surface area contributed by atoms with Crippen LogP contribution in [0.4, 0.5) is 5.82 Å². The maximum Gasteiger partial charge on any atom is 0.180 e. The van der Waals surface area contributed by atoms with Crippen molar-refractivity contribution >= 4 is 16.8 Å². The molecule has 4 nitrogen and oxygen atoms in total. The summed E-state index contributed by atoms with van der Waals surface area (Å²) in [4.78, 5) is 4.69. The Morgan fingerprint density at radius 3 is 2.78 bits per heavy atom. The molecule has 2 aromatic rings. The van der Waals surface area contributed by atoms with Crippen molar-refractivity contribution in [1.29, 1.82) is 0 Å². The Labute approximate surface area is 106 Å². The molecule has 0 atom stereocenters. The Morgan fingerprint density at radius 1 is 1.22 bits per heavy atom. The first-order valence-electron chi connectivity index (χ1n) is 6.31. The van der Waals surface area contributed by atoms with Gasteiger partial charge in [0.05, 0.1) is 5.39 Å². The number of para-hydroxylation sites is 1. The third-order valence-electron chi connectivity index (χ3n) is 3.42. The molecular formula is C14H17N3O. The molecule has 3 rings (SSSR count). The van der Waals surface area contributed by atoms with Gasteiger partial charge in [0, 0.05) is 32.7 Å². The number of fused-ring (bicyclic) bond motifs is 1. The molecule has 0 aliphatic carbocycles. The van der Waals surface area contributed by atoms with Crippen LogP contribution in [-0.2, 0) is 0 Å². The Morgan fingerprint density at radius 2 is 2.00 bits per heavy atom. The van der Waals surface area contributed by atoms with Crippen LogP contribution in [0.2, 0.25) is 0 Å². The van der Waals surface area contributed by atoms with E-state index in [1.54, 1.807) is 0 Å². The highest BCUT2D eigenvalue weighted by molar-refractivity contribution is 5.88. The van der Waals surface area contributed by atoms with E-state index in [-0.39, 0.29) is 0 Å². The molecule has 2 heterocycles. The molecule has 1 aliphatic heterocycles. The number of aromatic nitrogens is 1. The Hall–Kier alpha value is -1.81. The third-order valence-corrected chi connectivity index (χ3v) is 3.42. The zero-order chi connectivity index (χ0) is 12.4. The lowest BCUT2D eigenvalue weighted by atomic mass is 10.2. The summed E-state index contributed by atoms with van der Waals surface area (Å²) in [7, 11) is 0. The average Bonchev–Trinajstić information content (AvgIpc) is 2.84. The molecule has 0 saturated carbocycles. The predicted molar refractivity (Wildman–Crippen MR) is 72.9 cm³/mol. The lowest BCUT2D eigenvalue weighted by Crippen LogP contribution is -2.46. The number of hydrogen-bond donors (Lipinski definition) is 0. The Bertz CT molecular complexity index is 541. The second-order valence-corrected chi connectivity index (χ2v) is 4.58. The number of benzene rings is 1. The lowest BCUT2D eigenvalue weighted by Gasteiger charge is -2.34. The van der Waals surface area contributed by atoms with E-state index in [2.05, 4.69) is 27.6 Å². The molecule has 0 spiro atoms. The quantitative estimate of drug-likeness (QED) is 0.773. The van der Waals surface area contributed by atoms with E-state index in [0.29, 0.717) is 0 Å². The van der Waals surface area contributed by atoms with Gasteiger partial charge in [-0.15, -0.1) is 6.58 Å². The second kappa shape index (κ2) is 4.82. The highest BCUT2D eigenvalue weighted by Gasteiger charge is 2.20. The normalized spacial score (nSPS) is 17.2. The molecule has 0 unspecified atom stereocenters. The van der Waals surface area contributed by atoms with Gasteiger partial charge in [0.1, 0.15) is 0 Å². The lowest BCUT2D eigenvalue weighted by molar-refractivity contribution is 0.282. The first-order valence-corrected chi connectivity index (χ1v) is 6.31. The molecule has 0 radical (unpaired) electrons. The minimum absolute atomic E-state index is 0.862. The Balaban J connectivity index is 1.78. The van der Waals surface area contributed by atoms with Gasteiger partial charge in [-0.2, -0.15) is 0 Å². The van der Waals surface area contributed by atoms with Crippen molar-refractivity contribution in [1.82, 2.24) is 10.1 Å². The molecule has 0 bridgehead atoms. The molecule has 94 valence electrons. The van der Waals surface area contributed by atoms with Gasteiger partial charge >= 0.3 is 0 Å². The first-order chi connectivity index (χ1) is 8.88. The number of anilines is 1. The predicted octanol–water partition coefficient (Wildman–Crippen LogP) is 2.14. The van der Waals surface area contributed by atoms with Crippen LogP contribution >= 0.6 is 0 Å². The number of rotatable bonds is 3. The summed E-state index contributed by atoms with van der Waals surface area (Å²) in [6.07, 6.45) is 1.96. The summed E-state index contributed by atoms with van der Waals surface area (Å²) in [5, 5.41) is 5.31. The van der Waals surface area contributed by atoms with Crippen LogP contribution in [0.25, 0.3) is 11.0 Å². The summed E-state index contributed by atoms with van der Waals surface area (Å²) >= 11 is 0. The molecule has 1 aromatic carbocycles. The molecule has 1 fully saturated rings. The monoisotopic (exact) mass is 243 g/mol. The summed E-state index contributed by atoms with van der Waals surface area (Å²) in [5.74, 6) is 0.976. The smallest absolute Gasteiger partial charge is 0.180 e. The SMILES string of the molecule is C=CCN1CCN(c2noc3ccccc23)CC1. The van der Waals surface area contributed by atoms with Crippen molar-refractivity contribution in [3.63, 3.8) is 0 Å². The fraction of sp³-hybridized carbons (Fsp3) is 0.357. The summed E-state index contributed by atoms with van der Waals surface area (Å²) in [5.41, 5.74) is 0.862. The first kappa shape index (κ1) is 11.3. The van der Waals surface area contributed by atoms with E-state index in [1.165, 1.54) is 0 Å². The minimum Gasteiger partial charge on any atom is -0.354 e. The van der Waals surface area contributed by atoms with E-state index in [4.69, 9.17) is 4.52 Å². The molecule has 1 aliphatic rings. The van der Waals surface area contributed by atoms with Crippen molar-refractivity contribution in [3.05, 3.63) is 36.9 Å². The molecule has 18 heavy (non-hydrogen) atoms. The van der Waals surface area contributed by atoms with E-state index < -0.39 is 0 Å². The van der Waals surface area contributed by atoms with Crippen molar-refractivity contribution in [3.8, 4) is 0 Å². The number of hydrogen-bond acceptors (Lipinski definition) is 4. The van der Waals surface area contributed by atoms with Gasteiger partial charge in [0.2, 0.25) is 0 Å². The number of piperazine rings is 1. The van der Waals surface area contributed by atoms with Crippen LogP contribution < -0.4 is 4.90 Å². The van der Waals surface area contributed by atoms with Crippen LogP contribution in [0.3, 0.4) is 0 Å². The van der Waals surface area contributed by atoms with Crippen LogP contribution in [0.1, 0.15) is 0 Å². The average molecular weight is 243 g/mol. The third kappa shape index (κ3) is 1.99. The highest BCUT2D eigenvalue weighted by atomic mass is 16.5. The maximum absolute atomic E-state index is 5.36. The van der Waals surface area contributed by atoms with Gasteiger partial charge in [-0.3, -0.25) is 4.90 Å². The topological polar surface area (TPSA) is 32.5 Å². The summed E-state index contributed by atoms with van der Waals surface area (Å²) < 4.78 is 5.36. The van der Waals surface area contributed by atoms with E-state index in [0.717, 1.165) is 49.5 Å². The van der Waals surface area contributed by atoms with Crippen LogP contribution in [-0.4, -0.2) is 42.8 Å². The van der Waals surface area contributed by atoms with Gasteiger partial charge < -0.3 is 9.42 Å². The molecule has 4 heteroatoms. The zero-order valence-electron chi connectivity index (χ0n) is 10.4. The van der Waals surface area contributed by atoms with Crippen molar-refractivity contribution in [2.24, 2.45) is 0 Å². The standard InChI is InChI=1S/C14H17N3O/c1-2-7-16-8-10-17(11-9-16)14-12-5-3-4-6-13(12)18-15-14/h2-6H,1,7-11H2. The highest BCUT2D eigenvalue weighted by Crippen LogP contribution is 2.26. The largest absolute Gasteiger partial charge is 0.354 e. The van der Waals surface area contributed by atoms with Crippen molar-refractivity contribution in [2.45, 2.75) is 0 Å². The summed E-state index contributed by atoms with van der Waals surface area (Å²) in [6.45, 7) is 8.83. The fourth-order valence-corrected chi connectivity index (χ4v) is 2.43. The second-order valence-electron chi connectivity index (χ2n) is 4.58. The van der Waals surface area contributed by atoms with E-state index in [9.17, 15) is 0 Å². The number of nitrogens with zero attached hydrogens (tertiary/aromatic N) is 3. The van der Waals surface area contributed by atoms with E-state index >= 15 is 0 Å². The molecule has 1 aromatic heterocycles. The summed E-state index contributed by atoms with van der Waals surface area (Å²) in [6, 6.07) is 8.02. The van der Waals surface area contributed by atoms with Crippen LogP contribution in [0, 0.1) is 0 Å². The van der Waals surface area contributed by atoms with E-state index in [1.807, 2.05) is 24.3 Å². The molecule has 0 amide bonds. The van der Waals surface area contributed by atoms with Crippen LogP contribution in [0.15, 0.2) is 41.4 Å². The minimum atomic E-state index is 0.862. The van der Waals surface area contributed by atoms with Gasteiger partial charge in [-0.1, -0.05) is 23.4 Å². The van der Waals surface area contributed by atoms with Gasteiger partial charge in [-0.25, -0.2) is 0 Å². The molecule has 0 N–H and O–H groups in total. The van der Waals surface area contributed by atoms with Gasteiger partial charge in [0.15, 0.2) is 11.4 Å².